The molecule has 1 aliphatic rings. The molecule has 1 heterocycles. The van der Waals surface area contributed by atoms with Crippen molar-refractivity contribution in [2.75, 3.05) is 5.75 Å². The van der Waals surface area contributed by atoms with Gasteiger partial charge < -0.3 is 5.32 Å². The van der Waals surface area contributed by atoms with E-state index in [1.54, 1.807) is 11.3 Å². The molecule has 0 bridgehead atoms. The van der Waals surface area contributed by atoms with Gasteiger partial charge in [-0.1, -0.05) is 54.4 Å². The molecule has 1 saturated carbocycles. The fourth-order valence-corrected chi connectivity index (χ4v) is 4.29. The molecule has 1 aromatic carbocycles. The Kier molecular flexibility index (Phi) is 5.16. The van der Waals surface area contributed by atoms with E-state index in [-0.39, 0.29) is 5.91 Å². The number of rotatable bonds is 5. The zero-order valence-electron chi connectivity index (χ0n) is 12.7. The van der Waals surface area contributed by atoms with Gasteiger partial charge >= 0.3 is 0 Å². The average molecular weight is 332 g/mol. The zero-order valence-corrected chi connectivity index (χ0v) is 14.3. The van der Waals surface area contributed by atoms with Gasteiger partial charge in [-0.3, -0.25) is 4.79 Å². The molecule has 5 heteroatoms. The molecule has 3 rings (SSSR count). The maximum atomic E-state index is 11.9. The van der Waals surface area contributed by atoms with Crippen molar-refractivity contribution in [2.24, 2.45) is 0 Å². The molecule has 1 aromatic heterocycles. The Morgan fingerprint density at radius 1 is 1.32 bits per heavy atom. The van der Waals surface area contributed by atoms with Crippen LogP contribution in [0.4, 0.5) is 0 Å². The first-order valence-electron chi connectivity index (χ1n) is 7.65. The first-order valence-corrected chi connectivity index (χ1v) is 9.52. The summed E-state index contributed by atoms with van der Waals surface area (Å²) >= 11 is 3.13. The van der Waals surface area contributed by atoms with Crippen LogP contribution in [0.5, 0.6) is 0 Å². The minimum Gasteiger partial charge on any atom is -0.353 e. The summed E-state index contributed by atoms with van der Waals surface area (Å²) in [5.41, 5.74) is 3.37. The number of aryl methyl sites for hydroxylation is 1. The summed E-state index contributed by atoms with van der Waals surface area (Å²) < 4.78 is 0.956. The van der Waals surface area contributed by atoms with E-state index in [1.807, 2.05) is 0 Å². The number of thioether (sulfide) groups is 1. The number of nitrogens with one attached hydrogen (secondary N) is 1. The Bertz CT molecular complexity index is 630. The van der Waals surface area contributed by atoms with Crippen molar-refractivity contribution in [1.82, 2.24) is 10.3 Å². The van der Waals surface area contributed by atoms with Crippen molar-refractivity contribution in [3.8, 4) is 11.3 Å². The van der Waals surface area contributed by atoms with E-state index in [4.69, 9.17) is 0 Å². The van der Waals surface area contributed by atoms with Crippen LogP contribution in [0.1, 0.15) is 31.2 Å². The van der Waals surface area contributed by atoms with Crippen molar-refractivity contribution >= 4 is 29.0 Å². The summed E-state index contributed by atoms with van der Waals surface area (Å²) in [7, 11) is 0. The van der Waals surface area contributed by atoms with E-state index >= 15 is 0 Å². The highest BCUT2D eigenvalue weighted by Crippen LogP contribution is 2.28. The number of benzene rings is 1. The molecule has 0 unspecified atom stereocenters. The average Bonchev–Trinajstić information content (AvgIpc) is 3.17. The van der Waals surface area contributed by atoms with E-state index in [0.29, 0.717) is 11.8 Å². The van der Waals surface area contributed by atoms with Crippen LogP contribution in [0, 0.1) is 6.92 Å². The second-order valence-electron chi connectivity index (χ2n) is 5.70. The van der Waals surface area contributed by atoms with Gasteiger partial charge in [-0.2, -0.15) is 0 Å². The highest BCUT2D eigenvalue weighted by Gasteiger charge is 2.17. The molecule has 0 atom stereocenters. The number of thiazole rings is 1. The highest BCUT2D eigenvalue weighted by molar-refractivity contribution is 8.01. The molecule has 1 amide bonds. The quantitative estimate of drug-likeness (QED) is 0.832. The third-order valence-corrected chi connectivity index (χ3v) is 5.90. The third kappa shape index (κ3) is 4.11. The van der Waals surface area contributed by atoms with Gasteiger partial charge in [0.25, 0.3) is 0 Å². The molecule has 0 spiro atoms. The summed E-state index contributed by atoms with van der Waals surface area (Å²) in [4.78, 5) is 16.5. The van der Waals surface area contributed by atoms with Crippen LogP contribution >= 0.6 is 23.1 Å². The van der Waals surface area contributed by atoms with Crippen LogP contribution in [-0.4, -0.2) is 22.7 Å². The van der Waals surface area contributed by atoms with E-state index in [2.05, 4.69) is 46.9 Å². The summed E-state index contributed by atoms with van der Waals surface area (Å²) in [6.07, 6.45) is 4.74. The van der Waals surface area contributed by atoms with E-state index < -0.39 is 0 Å². The molecule has 2 aromatic rings. The lowest BCUT2D eigenvalue weighted by atomic mass is 10.1. The van der Waals surface area contributed by atoms with Crippen LogP contribution in [0.3, 0.4) is 0 Å². The molecule has 22 heavy (non-hydrogen) atoms. The van der Waals surface area contributed by atoms with E-state index in [0.717, 1.165) is 28.4 Å². The second-order valence-corrected chi connectivity index (χ2v) is 7.78. The number of hydrogen-bond acceptors (Lipinski definition) is 4. The molecule has 3 nitrogen and oxygen atoms in total. The molecule has 1 fully saturated rings. The first-order chi connectivity index (χ1) is 10.7. The van der Waals surface area contributed by atoms with Gasteiger partial charge in [-0.05, 0) is 19.8 Å². The van der Waals surface area contributed by atoms with Crippen molar-refractivity contribution in [1.29, 1.82) is 0 Å². The minimum atomic E-state index is 0.129. The van der Waals surface area contributed by atoms with Gasteiger partial charge in [0.15, 0.2) is 4.34 Å². The molecular formula is C17H20N2OS2. The molecule has 1 aliphatic carbocycles. The minimum absolute atomic E-state index is 0.129. The summed E-state index contributed by atoms with van der Waals surface area (Å²) in [6.45, 7) is 2.08. The van der Waals surface area contributed by atoms with Crippen LogP contribution < -0.4 is 5.32 Å². The number of carbonyl (C=O) groups is 1. The molecular weight excluding hydrogens is 312 g/mol. The summed E-state index contributed by atoms with van der Waals surface area (Å²) in [5, 5.41) is 5.17. The van der Waals surface area contributed by atoms with Gasteiger partial charge in [-0.15, -0.1) is 11.3 Å². The summed E-state index contributed by atoms with van der Waals surface area (Å²) in [6, 6.07) is 8.76. The molecule has 0 aliphatic heterocycles. The topological polar surface area (TPSA) is 42.0 Å². The first kappa shape index (κ1) is 15.6. The third-order valence-electron chi connectivity index (χ3n) is 3.88. The highest BCUT2D eigenvalue weighted by atomic mass is 32.2. The Labute approximate surface area is 139 Å². The standard InChI is InChI=1S/C17H20N2OS2/c1-12-6-8-13(9-7-12)15-10-21-17(19-15)22-11-16(20)18-14-4-2-3-5-14/h6-10,14H,2-5,11H2,1H3,(H,18,20). The molecule has 1 N–H and O–H groups in total. The lowest BCUT2D eigenvalue weighted by molar-refractivity contribution is -0.119. The lowest BCUT2D eigenvalue weighted by Crippen LogP contribution is -2.33. The van der Waals surface area contributed by atoms with E-state index in [9.17, 15) is 4.79 Å². The van der Waals surface area contributed by atoms with Crippen LogP contribution in [0.2, 0.25) is 0 Å². The Morgan fingerprint density at radius 3 is 2.77 bits per heavy atom. The van der Waals surface area contributed by atoms with Crippen molar-refractivity contribution < 1.29 is 4.79 Å². The number of amides is 1. The van der Waals surface area contributed by atoms with Crippen molar-refractivity contribution in [3.63, 3.8) is 0 Å². The Morgan fingerprint density at radius 2 is 2.05 bits per heavy atom. The SMILES string of the molecule is Cc1ccc(-c2csc(SCC(=O)NC3CCCC3)n2)cc1. The predicted octanol–water partition coefficient (Wildman–Crippen LogP) is 4.27. The van der Waals surface area contributed by atoms with E-state index in [1.165, 1.54) is 30.2 Å². The van der Waals surface area contributed by atoms with Gasteiger partial charge in [0, 0.05) is 17.0 Å². The normalized spacial score (nSPS) is 15.1. The maximum absolute atomic E-state index is 11.9. The molecule has 0 radical (unpaired) electrons. The smallest absolute Gasteiger partial charge is 0.230 e. The Hall–Kier alpha value is -1.33. The monoisotopic (exact) mass is 332 g/mol. The van der Waals surface area contributed by atoms with Gasteiger partial charge in [0.2, 0.25) is 5.91 Å². The predicted molar refractivity (Wildman–Crippen MR) is 93.4 cm³/mol. The van der Waals surface area contributed by atoms with Gasteiger partial charge in [0.05, 0.1) is 11.4 Å². The second kappa shape index (κ2) is 7.29. The van der Waals surface area contributed by atoms with Crippen LogP contribution in [0.15, 0.2) is 34.0 Å². The lowest BCUT2D eigenvalue weighted by Gasteiger charge is -2.10. The fraction of sp³-hybridized carbons (Fsp3) is 0.412. The van der Waals surface area contributed by atoms with Gasteiger partial charge in [-0.25, -0.2) is 4.98 Å². The number of carbonyl (C=O) groups excluding carboxylic acids is 1. The van der Waals surface area contributed by atoms with Crippen LogP contribution in [-0.2, 0) is 4.79 Å². The van der Waals surface area contributed by atoms with Crippen molar-refractivity contribution in [2.45, 2.75) is 43.0 Å². The summed E-state index contributed by atoms with van der Waals surface area (Å²) in [5.74, 6) is 0.584. The van der Waals surface area contributed by atoms with Gasteiger partial charge in [0.1, 0.15) is 0 Å². The zero-order chi connectivity index (χ0) is 15.4. The van der Waals surface area contributed by atoms with Crippen molar-refractivity contribution in [3.05, 3.63) is 35.2 Å². The molecule has 116 valence electrons. The number of aromatic nitrogens is 1. The molecule has 0 saturated heterocycles. The fourth-order valence-electron chi connectivity index (χ4n) is 2.65. The largest absolute Gasteiger partial charge is 0.353 e. The maximum Gasteiger partial charge on any atom is 0.230 e. The van der Waals surface area contributed by atoms with Crippen LogP contribution in [0.25, 0.3) is 11.3 Å². The number of hydrogen-bond donors (Lipinski definition) is 1. The Balaban J connectivity index is 1.53. The number of nitrogens with zero attached hydrogens (tertiary/aromatic N) is 1.